The summed E-state index contributed by atoms with van der Waals surface area (Å²) in [7, 11) is 0. The summed E-state index contributed by atoms with van der Waals surface area (Å²) in [5, 5.41) is 16.2. The highest BCUT2D eigenvalue weighted by Crippen LogP contribution is 2.37. The number of halogens is 6. The normalized spacial score (nSPS) is 11.7. The maximum absolute atomic E-state index is 13.0. The van der Waals surface area contributed by atoms with E-state index in [2.05, 4.69) is 20.6 Å². The first-order chi connectivity index (χ1) is 17.0. The van der Waals surface area contributed by atoms with E-state index in [1.54, 1.807) is 30.6 Å². The Balaban J connectivity index is 1.40. The van der Waals surface area contributed by atoms with Gasteiger partial charge in [-0.05, 0) is 54.6 Å². The molecular weight excluding hydrogens is 494 g/mol. The van der Waals surface area contributed by atoms with Gasteiger partial charge in [-0.2, -0.15) is 31.4 Å². The summed E-state index contributed by atoms with van der Waals surface area (Å²) in [6.07, 6.45) is -6.79. The molecule has 14 heteroatoms. The molecule has 0 spiro atoms. The maximum atomic E-state index is 13.0. The van der Waals surface area contributed by atoms with Gasteiger partial charge in [0.15, 0.2) is 5.82 Å². The minimum absolute atomic E-state index is 0.0306. The van der Waals surface area contributed by atoms with Crippen LogP contribution in [0.1, 0.15) is 11.1 Å². The Hall–Kier alpha value is -4.62. The molecule has 36 heavy (non-hydrogen) atoms. The Morgan fingerprint density at radius 2 is 1.44 bits per heavy atom. The Kier molecular flexibility index (Phi) is 6.51. The fraction of sp³-hybridized carbons (Fsp3) is 0.0909. The van der Waals surface area contributed by atoms with Gasteiger partial charge in [-0.1, -0.05) is 0 Å². The van der Waals surface area contributed by atoms with Crippen molar-refractivity contribution in [3.63, 3.8) is 0 Å². The van der Waals surface area contributed by atoms with Gasteiger partial charge in [-0.25, -0.2) is 9.48 Å². The molecule has 2 aromatic heterocycles. The van der Waals surface area contributed by atoms with Crippen molar-refractivity contribution in [2.24, 2.45) is 0 Å². The van der Waals surface area contributed by atoms with Gasteiger partial charge in [0.05, 0.1) is 11.1 Å². The van der Waals surface area contributed by atoms with Crippen LogP contribution in [0.4, 0.5) is 42.5 Å². The van der Waals surface area contributed by atoms with E-state index in [-0.39, 0.29) is 17.6 Å². The van der Waals surface area contributed by atoms with Crippen LogP contribution in [0.3, 0.4) is 0 Å². The van der Waals surface area contributed by atoms with Gasteiger partial charge in [0, 0.05) is 29.8 Å². The zero-order chi connectivity index (χ0) is 25.9. The highest BCUT2D eigenvalue weighted by Gasteiger charge is 2.37. The summed E-state index contributed by atoms with van der Waals surface area (Å²) in [6, 6.07) is 10.4. The number of hydrogen-bond donors (Lipinski definition) is 2. The Morgan fingerprint density at radius 1 is 0.806 bits per heavy atom. The number of nitrogens with zero attached hydrogens (tertiary/aromatic N) is 4. The fourth-order valence-electron chi connectivity index (χ4n) is 2.94. The quantitative estimate of drug-likeness (QED) is 0.316. The molecule has 0 bridgehead atoms. The summed E-state index contributed by atoms with van der Waals surface area (Å²) < 4.78 is 84.9. The number of urea groups is 1. The highest BCUT2D eigenvalue weighted by atomic mass is 19.4. The lowest BCUT2D eigenvalue weighted by molar-refractivity contribution is -0.143. The predicted molar refractivity (Wildman–Crippen MR) is 115 cm³/mol. The third-order valence-corrected chi connectivity index (χ3v) is 4.55. The SMILES string of the molecule is O=C(Nc1ccc(Oc2ccc(-n3cccn3)nn2)cc1)Nc1cc(C(F)(F)F)cc(C(F)(F)F)c1. The zero-order valence-corrected chi connectivity index (χ0v) is 17.8. The van der Waals surface area contributed by atoms with E-state index in [1.165, 1.54) is 28.9 Å². The minimum atomic E-state index is -5.03. The van der Waals surface area contributed by atoms with Gasteiger partial charge >= 0.3 is 18.4 Å². The maximum Gasteiger partial charge on any atom is 0.416 e. The van der Waals surface area contributed by atoms with Crippen LogP contribution in [0, 0.1) is 0 Å². The van der Waals surface area contributed by atoms with Crippen LogP contribution in [-0.4, -0.2) is 26.0 Å². The lowest BCUT2D eigenvalue weighted by Crippen LogP contribution is -2.20. The number of ether oxygens (including phenoxy) is 1. The highest BCUT2D eigenvalue weighted by molar-refractivity contribution is 5.99. The topological polar surface area (TPSA) is 94.0 Å². The fourth-order valence-corrected chi connectivity index (χ4v) is 2.94. The van der Waals surface area contributed by atoms with Crippen molar-refractivity contribution in [1.82, 2.24) is 20.0 Å². The van der Waals surface area contributed by atoms with Gasteiger partial charge < -0.3 is 15.4 Å². The average molecular weight is 508 g/mol. The molecule has 2 aromatic carbocycles. The van der Waals surface area contributed by atoms with E-state index < -0.39 is 35.2 Å². The summed E-state index contributed by atoms with van der Waals surface area (Å²) >= 11 is 0. The second-order valence-electron chi connectivity index (χ2n) is 7.18. The van der Waals surface area contributed by atoms with Crippen LogP contribution in [0.25, 0.3) is 5.82 Å². The molecule has 0 saturated heterocycles. The molecular formula is C22H14F6N6O2. The molecule has 0 aliphatic rings. The third kappa shape index (κ3) is 6.08. The summed E-state index contributed by atoms with van der Waals surface area (Å²) in [5.74, 6) is 0.977. The first-order valence-electron chi connectivity index (χ1n) is 9.96. The van der Waals surface area contributed by atoms with E-state index in [0.717, 1.165) is 0 Å². The molecule has 0 aliphatic carbocycles. The number of carbonyl (C=O) groups is 1. The van der Waals surface area contributed by atoms with Crippen LogP contribution >= 0.6 is 0 Å². The number of anilines is 2. The molecule has 186 valence electrons. The van der Waals surface area contributed by atoms with Crippen molar-refractivity contribution < 1.29 is 35.9 Å². The van der Waals surface area contributed by atoms with Gasteiger partial charge in [-0.3, -0.25) is 0 Å². The van der Waals surface area contributed by atoms with E-state index in [0.29, 0.717) is 23.7 Å². The molecule has 2 N–H and O–H groups in total. The molecule has 2 amide bonds. The first kappa shape index (κ1) is 24.5. The van der Waals surface area contributed by atoms with Crippen molar-refractivity contribution in [3.8, 4) is 17.4 Å². The molecule has 0 atom stereocenters. The lowest BCUT2D eigenvalue weighted by Gasteiger charge is -2.15. The number of amides is 2. The van der Waals surface area contributed by atoms with Crippen LogP contribution in [0.15, 0.2) is 73.1 Å². The largest absolute Gasteiger partial charge is 0.438 e. The number of carbonyl (C=O) groups excluding carboxylic acids is 1. The Bertz CT molecular complexity index is 1310. The summed E-state index contributed by atoms with van der Waals surface area (Å²) in [4.78, 5) is 12.2. The molecule has 2 heterocycles. The van der Waals surface area contributed by atoms with Gasteiger partial charge in [-0.15, -0.1) is 10.2 Å². The van der Waals surface area contributed by atoms with E-state index >= 15 is 0 Å². The van der Waals surface area contributed by atoms with E-state index in [4.69, 9.17) is 4.74 Å². The molecule has 0 aliphatic heterocycles. The van der Waals surface area contributed by atoms with Crippen molar-refractivity contribution in [2.75, 3.05) is 10.6 Å². The smallest absolute Gasteiger partial charge is 0.416 e. The average Bonchev–Trinajstić information content (AvgIpc) is 3.34. The van der Waals surface area contributed by atoms with Crippen LogP contribution in [0.5, 0.6) is 11.6 Å². The van der Waals surface area contributed by atoms with Crippen LogP contribution in [-0.2, 0) is 12.4 Å². The van der Waals surface area contributed by atoms with Gasteiger partial charge in [0.2, 0.25) is 5.88 Å². The minimum Gasteiger partial charge on any atom is -0.438 e. The summed E-state index contributed by atoms with van der Waals surface area (Å²) in [6.45, 7) is 0. The molecule has 4 rings (SSSR count). The summed E-state index contributed by atoms with van der Waals surface area (Å²) in [5.41, 5.74) is -3.57. The van der Waals surface area contributed by atoms with Crippen molar-refractivity contribution in [1.29, 1.82) is 0 Å². The molecule has 0 saturated carbocycles. The second-order valence-corrected chi connectivity index (χ2v) is 7.18. The monoisotopic (exact) mass is 508 g/mol. The van der Waals surface area contributed by atoms with E-state index in [1.807, 2.05) is 5.32 Å². The van der Waals surface area contributed by atoms with Crippen LogP contribution < -0.4 is 15.4 Å². The first-order valence-corrected chi connectivity index (χ1v) is 9.96. The number of hydrogen-bond acceptors (Lipinski definition) is 5. The molecule has 0 unspecified atom stereocenters. The van der Waals surface area contributed by atoms with Gasteiger partial charge in [0.1, 0.15) is 5.75 Å². The number of nitrogens with one attached hydrogen (secondary N) is 2. The third-order valence-electron chi connectivity index (χ3n) is 4.55. The predicted octanol–water partition coefficient (Wildman–Crippen LogP) is 6.14. The molecule has 0 fully saturated rings. The standard InChI is InChI=1S/C22H14F6N6O2/c23-21(24,25)13-10-14(22(26,27)28)12-16(11-13)31-20(35)30-15-2-4-17(5-3-15)36-19-7-6-18(32-33-19)34-9-1-8-29-34/h1-12H,(H2,30,31,35). The number of aromatic nitrogens is 4. The van der Waals surface area contributed by atoms with Crippen molar-refractivity contribution >= 4 is 17.4 Å². The number of benzene rings is 2. The van der Waals surface area contributed by atoms with Crippen molar-refractivity contribution in [2.45, 2.75) is 12.4 Å². The Morgan fingerprint density at radius 3 is 1.97 bits per heavy atom. The molecule has 8 nitrogen and oxygen atoms in total. The molecule has 4 aromatic rings. The second kappa shape index (κ2) is 9.56. The van der Waals surface area contributed by atoms with Gasteiger partial charge in [0.25, 0.3) is 0 Å². The Labute approximate surface area is 198 Å². The zero-order valence-electron chi connectivity index (χ0n) is 17.8. The number of rotatable bonds is 5. The van der Waals surface area contributed by atoms with Crippen LogP contribution in [0.2, 0.25) is 0 Å². The lowest BCUT2D eigenvalue weighted by atomic mass is 10.1. The number of alkyl halides is 6. The van der Waals surface area contributed by atoms with Crippen molar-refractivity contribution in [3.05, 3.63) is 84.2 Å². The molecule has 0 radical (unpaired) electrons. The van der Waals surface area contributed by atoms with E-state index in [9.17, 15) is 31.1 Å².